The van der Waals surface area contributed by atoms with E-state index in [1.807, 2.05) is 12.1 Å². The summed E-state index contributed by atoms with van der Waals surface area (Å²) in [6, 6.07) is 7.30. The lowest BCUT2D eigenvalue weighted by molar-refractivity contribution is -0.0786. The molecule has 2 aromatic heterocycles. The molecule has 0 saturated carbocycles. The third-order valence-electron chi connectivity index (χ3n) is 3.40. The van der Waals surface area contributed by atoms with E-state index in [1.54, 1.807) is 30.7 Å². The number of aliphatic hydroxyl groups excluding tert-OH is 3. The second-order valence-electron chi connectivity index (χ2n) is 4.99. The molecule has 7 heteroatoms. The van der Waals surface area contributed by atoms with Crippen LogP contribution in [0.1, 0.15) is 0 Å². The first kappa shape index (κ1) is 15.2. The zero-order chi connectivity index (χ0) is 15.5. The van der Waals surface area contributed by atoms with Crippen molar-refractivity contribution < 1.29 is 20.1 Å². The second kappa shape index (κ2) is 6.62. The predicted molar refractivity (Wildman–Crippen MR) is 82.4 cm³/mol. The zero-order valence-corrected chi connectivity index (χ0v) is 12.4. The maximum absolute atomic E-state index is 9.92. The molecule has 0 unspecified atom stereocenters. The molecule has 116 valence electrons. The van der Waals surface area contributed by atoms with Crippen molar-refractivity contribution in [2.24, 2.45) is 0 Å². The topological polar surface area (TPSA) is 95.7 Å². The highest BCUT2D eigenvalue weighted by molar-refractivity contribution is 7.99. The van der Waals surface area contributed by atoms with Gasteiger partial charge in [0, 0.05) is 23.7 Å². The van der Waals surface area contributed by atoms with Crippen molar-refractivity contribution in [1.82, 2.24) is 9.97 Å². The first-order chi connectivity index (χ1) is 10.6. The van der Waals surface area contributed by atoms with E-state index in [0.29, 0.717) is 11.5 Å². The number of pyridine rings is 2. The molecule has 1 aliphatic heterocycles. The van der Waals surface area contributed by atoms with Gasteiger partial charge in [-0.2, -0.15) is 0 Å². The molecule has 1 aliphatic rings. The summed E-state index contributed by atoms with van der Waals surface area (Å²) in [5.74, 6) is 0.803. The lowest BCUT2D eigenvalue weighted by Crippen LogP contribution is -2.50. The van der Waals surface area contributed by atoms with Crippen LogP contribution in [0.5, 0.6) is 5.75 Å². The molecule has 0 radical (unpaired) electrons. The normalized spacial score (nSPS) is 28.3. The van der Waals surface area contributed by atoms with Crippen molar-refractivity contribution in [3.63, 3.8) is 0 Å². The Labute approximate surface area is 131 Å². The molecule has 0 bridgehead atoms. The maximum Gasteiger partial charge on any atom is 0.173 e. The quantitative estimate of drug-likeness (QED) is 0.765. The Bertz CT molecular complexity index is 611. The second-order valence-corrected chi connectivity index (χ2v) is 6.12. The Balaban J connectivity index is 1.69. The first-order valence-electron chi connectivity index (χ1n) is 6.84. The van der Waals surface area contributed by atoms with Gasteiger partial charge in [0.2, 0.25) is 0 Å². The van der Waals surface area contributed by atoms with Gasteiger partial charge in [-0.15, -0.1) is 11.8 Å². The summed E-state index contributed by atoms with van der Waals surface area (Å²) >= 11 is 1.26. The van der Waals surface area contributed by atoms with Crippen molar-refractivity contribution in [2.45, 2.75) is 23.7 Å². The number of thioether (sulfide) groups is 1. The number of aliphatic hydroxyl groups is 3. The van der Waals surface area contributed by atoms with Crippen LogP contribution in [-0.4, -0.2) is 54.8 Å². The van der Waals surface area contributed by atoms with E-state index in [-0.39, 0.29) is 0 Å². The molecule has 2 aromatic rings. The monoisotopic (exact) mass is 320 g/mol. The van der Waals surface area contributed by atoms with Gasteiger partial charge in [0.15, 0.2) is 5.44 Å². The van der Waals surface area contributed by atoms with Crippen LogP contribution in [0.4, 0.5) is 0 Å². The fourth-order valence-electron chi connectivity index (χ4n) is 2.15. The summed E-state index contributed by atoms with van der Waals surface area (Å²) < 4.78 is 5.64. The molecule has 1 saturated heterocycles. The molecule has 0 spiro atoms. The van der Waals surface area contributed by atoms with Gasteiger partial charge in [0.05, 0.1) is 18.0 Å². The van der Waals surface area contributed by atoms with E-state index in [2.05, 4.69) is 9.97 Å². The molecule has 4 atom stereocenters. The maximum atomic E-state index is 9.92. The molecular weight excluding hydrogens is 304 g/mol. The standard InChI is InChI=1S/C15H16N2O4S/c18-12-8-22-15(14(20)13(12)19)21-10-3-4-11(17-7-10)9-2-1-5-16-6-9/h1-7,12-15,18-20H,8H2/t12-,13+,14-,15+/m1/s1. The Morgan fingerprint density at radius 1 is 1.09 bits per heavy atom. The number of nitrogens with zero attached hydrogens (tertiary/aromatic N) is 2. The van der Waals surface area contributed by atoms with Crippen molar-refractivity contribution in [2.75, 3.05) is 5.75 Å². The summed E-state index contributed by atoms with van der Waals surface area (Å²) in [5, 5.41) is 29.1. The Hall–Kier alpha value is -1.67. The van der Waals surface area contributed by atoms with Gasteiger partial charge >= 0.3 is 0 Å². The molecular formula is C15H16N2O4S. The molecule has 3 rings (SSSR count). The lowest BCUT2D eigenvalue weighted by atomic mass is 10.1. The Morgan fingerprint density at radius 2 is 1.95 bits per heavy atom. The van der Waals surface area contributed by atoms with Crippen LogP contribution in [0.2, 0.25) is 0 Å². The average molecular weight is 320 g/mol. The minimum Gasteiger partial charge on any atom is -0.475 e. The molecule has 0 amide bonds. The number of aromatic nitrogens is 2. The van der Waals surface area contributed by atoms with E-state index in [1.165, 1.54) is 11.8 Å². The van der Waals surface area contributed by atoms with E-state index >= 15 is 0 Å². The molecule has 0 aliphatic carbocycles. The fourth-order valence-corrected chi connectivity index (χ4v) is 3.27. The van der Waals surface area contributed by atoms with Gasteiger partial charge < -0.3 is 20.1 Å². The molecule has 22 heavy (non-hydrogen) atoms. The van der Waals surface area contributed by atoms with Crippen molar-refractivity contribution in [3.05, 3.63) is 42.9 Å². The minimum atomic E-state index is -1.20. The number of hydrogen-bond donors (Lipinski definition) is 3. The molecule has 1 fully saturated rings. The SMILES string of the molecule is O[C@@H]1[C@@H](O)[C@@H](Oc2ccc(-c3cccnc3)nc2)SC[C@H]1O. The van der Waals surface area contributed by atoms with Crippen LogP contribution in [0, 0.1) is 0 Å². The highest BCUT2D eigenvalue weighted by atomic mass is 32.2. The third-order valence-corrected chi connectivity index (χ3v) is 4.64. The van der Waals surface area contributed by atoms with Crippen LogP contribution < -0.4 is 4.74 Å². The van der Waals surface area contributed by atoms with E-state index in [9.17, 15) is 15.3 Å². The van der Waals surface area contributed by atoms with E-state index < -0.39 is 23.7 Å². The number of hydrogen-bond acceptors (Lipinski definition) is 7. The number of rotatable bonds is 3. The largest absolute Gasteiger partial charge is 0.475 e. The van der Waals surface area contributed by atoms with Crippen molar-refractivity contribution in [3.8, 4) is 17.0 Å². The Kier molecular flexibility index (Phi) is 4.58. The van der Waals surface area contributed by atoms with Crippen LogP contribution in [0.25, 0.3) is 11.3 Å². The summed E-state index contributed by atoms with van der Waals surface area (Å²) in [4.78, 5) is 8.35. The Morgan fingerprint density at radius 3 is 2.64 bits per heavy atom. The van der Waals surface area contributed by atoms with E-state index in [0.717, 1.165) is 11.3 Å². The number of ether oxygens (including phenoxy) is 1. The summed E-state index contributed by atoms with van der Waals surface area (Å²) in [6.07, 6.45) is 1.70. The van der Waals surface area contributed by atoms with Crippen LogP contribution >= 0.6 is 11.8 Å². The van der Waals surface area contributed by atoms with Gasteiger partial charge in [-0.05, 0) is 24.3 Å². The first-order valence-corrected chi connectivity index (χ1v) is 7.89. The fraction of sp³-hybridized carbons (Fsp3) is 0.333. The van der Waals surface area contributed by atoms with E-state index in [4.69, 9.17) is 4.74 Å². The molecule has 6 nitrogen and oxygen atoms in total. The molecule has 3 N–H and O–H groups in total. The highest BCUT2D eigenvalue weighted by Gasteiger charge is 2.38. The smallest absolute Gasteiger partial charge is 0.173 e. The minimum absolute atomic E-state index is 0.310. The summed E-state index contributed by atoms with van der Waals surface area (Å²) in [7, 11) is 0. The van der Waals surface area contributed by atoms with Crippen LogP contribution in [0.15, 0.2) is 42.9 Å². The predicted octanol–water partition coefficient (Wildman–Crippen LogP) is 0.678. The van der Waals surface area contributed by atoms with Crippen molar-refractivity contribution >= 4 is 11.8 Å². The van der Waals surface area contributed by atoms with Gasteiger partial charge in [-0.25, -0.2) is 0 Å². The molecule has 0 aromatic carbocycles. The van der Waals surface area contributed by atoms with Gasteiger partial charge in [0.1, 0.15) is 18.0 Å². The van der Waals surface area contributed by atoms with Crippen LogP contribution in [0.3, 0.4) is 0 Å². The lowest BCUT2D eigenvalue weighted by Gasteiger charge is -2.34. The van der Waals surface area contributed by atoms with Gasteiger partial charge in [0.25, 0.3) is 0 Å². The molecule has 3 heterocycles. The highest BCUT2D eigenvalue weighted by Crippen LogP contribution is 2.29. The van der Waals surface area contributed by atoms with Crippen molar-refractivity contribution in [1.29, 1.82) is 0 Å². The zero-order valence-electron chi connectivity index (χ0n) is 11.6. The van der Waals surface area contributed by atoms with Gasteiger partial charge in [-0.1, -0.05) is 0 Å². The average Bonchev–Trinajstić information content (AvgIpc) is 2.57. The van der Waals surface area contributed by atoms with Crippen LogP contribution in [-0.2, 0) is 0 Å². The summed E-state index contributed by atoms with van der Waals surface area (Å²) in [5.41, 5.74) is 1.04. The third kappa shape index (κ3) is 3.22. The van der Waals surface area contributed by atoms with Gasteiger partial charge in [-0.3, -0.25) is 9.97 Å². The summed E-state index contributed by atoms with van der Waals surface area (Å²) in [6.45, 7) is 0.